The molecule has 11 nitrogen and oxygen atoms in total. The van der Waals surface area contributed by atoms with Gasteiger partial charge in [-0.2, -0.15) is 10.1 Å². The minimum atomic E-state index is -0.530. The van der Waals surface area contributed by atoms with E-state index in [1.807, 2.05) is 0 Å². The number of non-ortho nitro benzene ring substituents is 1. The smallest absolute Gasteiger partial charge is 0.338 e. The topological polar surface area (TPSA) is 139 Å². The molecule has 4 rings (SSSR count). The Kier molecular flexibility index (Phi) is 5.24. The molecule has 0 N–H and O–H groups in total. The van der Waals surface area contributed by atoms with Crippen molar-refractivity contribution in [3.05, 3.63) is 88.3 Å². The van der Waals surface area contributed by atoms with Crippen LogP contribution in [0.1, 0.15) is 21.8 Å². The van der Waals surface area contributed by atoms with Crippen LogP contribution in [-0.4, -0.2) is 35.8 Å². The summed E-state index contributed by atoms with van der Waals surface area (Å²) in [6.45, 7) is 0.349. The van der Waals surface area contributed by atoms with Crippen LogP contribution in [-0.2, 0) is 17.9 Å². The molecule has 2 aromatic carbocycles. The van der Waals surface area contributed by atoms with E-state index >= 15 is 0 Å². The van der Waals surface area contributed by atoms with Crippen LogP contribution in [0.15, 0.2) is 65.7 Å². The first kappa shape index (κ1) is 18.9. The van der Waals surface area contributed by atoms with Crippen LogP contribution in [0.4, 0.5) is 5.69 Å². The van der Waals surface area contributed by atoms with Crippen molar-refractivity contribution in [2.75, 3.05) is 0 Å². The summed E-state index contributed by atoms with van der Waals surface area (Å²) < 4.78 is 12.0. The highest BCUT2D eigenvalue weighted by Crippen LogP contribution is 2.20. The van der Waals surface area contributed by atoms with Gasteiger partial charge in [-0.15, -0.1) is 0 Å². The molecule has 0 amide bonds. The van der Waals surface area contributed by atoms with Crippen LogP contribution in [0.5, 0.6) is 0 Å². The van der Waals surface area contributed by atoms with Crippen LogP contribution in [0.3, 0.4) is 0 Å². The van der Waals surface area contributed by atoms with Gasteiger partial charge in [0.2, 0.25) is 5.82 Å². The van der Waals surface area contributed by atoms with Gasteiger partial charge in [-0.1, -0.05) is 17.3 Å². The fraction of sp³-hybridized carbons (Fsp3) is 0.105. The first-order valence-corrected chi connectivity index (χ1v) is 8.74. The van der Waals surface area contributed by atoms with Gasteiger partial charge >= 0.3 is 5.97 Å². The summed E-state index contributed by atoms with van der Waals surface area (Å²) in [5.74, 6) is -0.176. The Balaban J connectivity index is 1.34. The maximum Gasteiger partial charge on any atom is 0.338 e. The summed E-state index contributed by atoms with van der Waals surface area (Å²) in [6.07, 6.45) is 3.06. The molecule has 0 atom stereocenters. The minimum absolute atomic E-state index is 0.0382. The number of rotatable bonds is 7. The number of hydrogen-bond acceptors (Lipinski definition) is 9. The normalized spacial score (nSPS) is 10.7. The summed E-state index contributed by atoms with van der Waals surface area (Å²) in [4.78, 5) is 30.5. The summed E-state index contributed by atoms with van der Waals surface area (Å²) in [5.41, 5.74) is 1.85. The van der Waals surface area contributed by atoms with E-state index in [4.69, 9.17) is 9.26 Å². The van der Waals surface area contributed by atoms with E-state index < -0.39 is 10.9 Å². The summed E-state index contributed by atoms with van der Waals surface area (Å²) in [5, 5.41) is 18.5. The SMILES string of the molecule is O=C(OCc1nc(-c2ccc([N+](=O)[O-])cc2)no1)c1ccc(Cn2cncn2)cc1. The van der Waals surface area contributed by atoms with Crippen molar-refractivity contribution in [1.82, 2.24) is 24.9 Å². The maximum absolute atomic E-state index is 12.2. The van der Waals surface area contributed by atoms with Gasteiger partial charge in [0.25, 0.3) is 11.6 Å². The molecule has 0 saturated heterocycles. The van der Waals surface area contributed by atoms with Gasteiger partial charge in [0.1, 0.15) is 12.7 Å². The molecule has 0 unspecified atom stereocenters. The fourth-order valence-electron chi connectivity index (χ4n) is 2.62. The second-order valence-electron chi connectivity index (χ2n) is 6.18. The van der Waals surface area contributed by atoms with Crippen LogP contribution >= 0.6 is 0 Å². The number of carbonyl (C=O) groups is 1. The van der Waals surface area contributed by atoms with Gasteiger partial charge in [-0.25, -0.2) is 14.5 Å². The minimum Gasteiger partial charge on any atom is -0.452 e. The highest BCUT2D eigenvalue weighted by Gasteiger charge is 2.14. The van der Waals surface area contributed by atoms with E-state index in [2.05, 4.69) is 20.2 Å². The summed E-state index contributed by atoms with van der Waals surface area (Å²) >= 11 is 0. The maximum atomic E-state index is 12.2. The van der Waals surface area contributed by atoms with Crippen molar-refractivity contribution in [2.24, 2.45) is 0 Å². The Hall–Kier alpha value is -4.41. The van der Waals surface area contributed by atoms with Crippen LogP contribution in [0.25, 0.3) is 11.4 Å². The molecule has 0 aliphatic rings. The highest BCUT2D eigenvalue weighted by molar-refractivity contribution is 5.89. The van der Waals surface area contributed by atoms with Gasteiger partial charge < -0.3 is 9.26 Å². The molecule has 30 heavy (non-hydrogen) atoms. The number of benzene rings is 2. The lowest BCUT2D eigenvalue weighted by atomic mass is 10.1. The average molecular weight is 406 g/mol. The molecular weight excluding hydrogens is 392 g/mol. The molecule has 0 aliphatic heterocycles. The van der Waals surface area contributed by atoms with Gasteiger partial charge in [0, 0.05) is 17.7 Å². The Morgan fingerprint density at radius 1 is 1.13 bits per heavy atom. The lowest BCUT2D eigenvalue weighted by Gasteiger charge is -2.04. The number of aromatic nitrogens is 5. The van der Waals surface area contributed by atoms with E-state index in [0.29, 0.717) is 17.7 Å². The van der Waals surface area contributed by atoms with Crippen molar-refractivity contribution in [2.45, 2.75) is 13.2 Å². The number of esters is 1. The van der Waals surface area contributed by atoms with E-state index in [1.165, 1.54) is 30.6 Å². The molecule has 0 saturated carbocycles. The van der Waals surface area contributed by atoms with Gasteiger partial charge in [-0.3, -0.25) is 10.1 Å². The number of nitro benzene ring substituents is 1. The Morgan fingerprint density at radius 2 is 1.90 bits per heavy atom. The molecule has 0 spiro atoms. The molecule has 2 aromatic heterocycles. The third-order valence-corrected chi connectivity index (χ3v) is 4.13. The van der Waals surface area contributed by atoms with E-state index in [1.54, 1.807) is 35.3 Å². The van der Waals surface area contributed by atoms with Crippen molar-refractivity contribution in [3.63, 3.8) is 0 Å². The number of nitro groups is 1. The van der Waals surface area contributed by atoms with Gasteiger partial charge in [0.15, 0.2) is 6.61 Å². The number of hydrogen-bond donors (Lipinski definition) is 0. The molecule has 4 aromatic rings. The standard InChI is InChI=1S/C19H14N6O5/c26-19(15-3-1-13(2-4-15)9-24-12-20-11-21-24)29-10-17-22-18(23-30-17)14-5-7-16(8-6-14)25(27)28/h1-8,11-12H,9-10H2. The van der Waals surface area contributed by atoms with Crippen LogP contribution in [0, 0.1) is 10.1 Å². The average Bonchev–Trinajstić information content (AvgIpc) is 3.45. The molecule has 0 bridgehead atoms. The fourth-order valence-corrected chi connectivity index (χ4v) is 2.62. The molecule has 0 radical (unpaired) electrons. The molecule has 2 heterocycles. The van der Waals surface area contributed by atoms with Crippen LogP contribution in [0.2, 0.25) is 0 Å². The Bertz CT molecular complexity index is 1150. The monoisotopic (exact) mass is 406 g/mol. The number of carbonyl (C=O) groups excluding carboxylic acids is 1. The van der Waals surface area contributed by atoms with Gasteiger partial charge in [-0.05, 0) is 29.8 Å². The molecule has 0 fully saturated rings. The predicted molar refractivity (Wildman–Crippen MR) is 101 cm³/mol. The summed E-state index contributed by atoms with van der Waals surface area (Å²) in [7, 11) is 0. The second-order valence-corrected chi connectivity index (χ2v) is 6.18. The number of nitrogens with zero attached hydrogens (tertiary/aromatic N) is 6. The second kappa shape index (κ2) is 8.31. The Morgan fingerprint density at radius 3 is 2.57 bits per heavy atom. The zero-order valence-corrected chi connectivity index (χ0v) is 15.4. The molecule has 0 aliphatic carbocycles. The molecular formula is C19H14N6O5. The van der Waals surface area contributed by atoms with E-state index in [-0.39, 0.29) is 24.0 Å². The van der Waals surface area contributed by atoms with Crippen LogP contribution < -0.4 is 0 Å². The first-order chi connectivity index (χ1) is 14.6. The third-order valence-electron chi connectivity index (χ3n) is 4.13. The molecule has 11 heteroatoms. The summed E-state index contributed by atoms with van der Waals surface area (Å²) in [6, 6.07) is 12.6. The lowest BCUT2D eigenvalue weighted by Crippen LogP contribution is -2.06. The Labute approximate surface area is 169 Å². The predicted octanol–water partition coefficient (Wildman–Crippen LogP) is 2.64. The zero-order valence-electron chi connectivity index (χ0n) is 15.4. The zero-order chi connectivity index (χ0) is 20.9. The third kappa shape index (κ3) is 4.35. The lowest BCUT2D eigenvalue weighted by molar-refractivity contribution is -0.384. The van der Waals surface area contributed by atoms with Crippen molar-refractivity contribution in [3.8, 4) is 11.4 Å². The van der Waals surface area contributed by atoms with Crippen molar-refractivity contribution in [1.29, 1.82) is 0 Å². The number of ether oxygens (including phenoxy) is 1. The van der Waals surface area contributed by atoms with Crippen molar-refractivity contribution >= 4 is 11.7 Å². The van der Waals surface area contributed by atoms with Crippen molar-refractivity contribution < 1.29 is 19.0 Å². The first-order valence-electron chi connectivity index (χ1n) is 8.74. The quantitative estimate of drug-likeness (QED) is 0.257. The largest absolute Gasteiger partial charge is 0.452 e. The highest BCUT2D eigenvalue weighted by atomic mass is 16.6. The van der Waals surface area contributed by atoms with Gasteiger partial charge in [0.05, 0.1) is 17.0 Å². The molecule has 150 valence electrons. The van der Waals surface area contributed by atoms with E-state index in [0.717, 1.165) is 5.56 Å². The van der Waals surface area contributed by atoms with E-state index in [9.17, 15) is 14.9 Å².